The fourth-order valence-electron chi connectivity index (χ4n) is 3.50. The summed E-state index contributed by atoms with van der Waals surface area (Å²) < 4.78 is 5.49. The molecule has 0 atom stereocenters. The number of carbonyl (C=O) groups excluding carboxylic acids is 3. The quantitative estimate of drug-likeness (QED) is 0.459. The Morgan fingerprint density at radius 1 is 1.08 bits per heavy atom. The third-order valence-electron chi connectivity index (χ3n) is 4.98. The molecule has 0 unspecified atom stereocenters. The van der Waals surface area contributed by atoms with Gasteiger partial charge >= 0.3 is 12.0 Å². The predicted molar refractivity (Wildman–Crippen MR) is 99.1 cm³/mol. The zero-order valence-corrected chi connectivity index (χ0v) is 16.3. The van der Waals surface area contributed by atoms with Crippen LogP contribution in [0.15, 0.2) is 12.1 Å². The maximum Gasteiger partial charge on any atom is 0.331 e. The van der Waals surface area contributed by atoms with Gasteiger partial charge in [0.2, 0.25) is 0 Å². The highest BCUT2D eigenvalue weighted by Crippen LogP contribution is 2.29. The second-order valence-corrected chi connectivity index (χ2v) is 7.03. The van der Waals surface area contributed by atoms with Crippen LogP contribution in [0.4, 0.5) is 4.79 Å². The van der Waals surface area contributed by atoms with Crippen molar-refractivity contribution >= 4 is 17.9 Å². The number of amides is 3. The summed E-state index contributed by atoms with van der Waals surface area (Å²) in [6.07, 6.45) is 2.66. The first kappa shape index (κ1) is 19.9. The standard InChI is InChI=1S/C20H28N2O4/c1-6-10-20(11-7-2)18(24)22(19(25)21-20)12-16(23)26-17-14(4)9-8-13(3)15(17)5/h8-9H,6-7,10-12H2,1-5H3,(H,21,25). The molecule has 1 aliphatic heterocycles. The summed E-state index contributed by atoms with van der Waals surface area (Å²) in [6.45, 7) is 9.23. The summed E-state index contributed by atoms with van der Waals surface area (Å²) in [4.78, 5) is 38.5. The molecule has 1 aliphatic rings. The highest BCUT2D eigenvalue weighted by molar-refractivity contribution is 6.08. The van der Waals surface area contributed by atoms with Crippen molar-refractivity contribution < 1.29 is 19.1 Å². The van der Waals surface area contributed by atoms with Gasteiger partial charge in [-0.25, -0.2) is 9.59 Å². The van der Waals surface area contributed by atoms with Gasteiger partial charge < -0.3 is 10.1 Å². The Kier molecular flexibility index (Phi) is 6.05. The molecule has 0 aliphatic carbocycles. The Morgan fingerprint density at radius 2 is 1.65 bits per heavy atom. The third-order valence-corrected chi connectivity index (χ3v) is 4.98. The summed E-state index contributed by atoms with van der Waals surface area (Å²) >= 11 is 0. The van der Waals surface area contributed by atoms with Gasteiger partial charge in [0.05, 0.1) is 0 Å². The Balaban J connectivity index is 2.16. The molecule has 0 spiro atoms. The van der Waals surface area contributed by atoms with E-state index in [4.69, 9.17) is 4.74 Å². The Morgan fingerprint density at radius 3 is 2.23 bits per heavy atom. The van der Waals surface area contributed by atoms with Crippen LogP contribution in [-0.2, 0) is 9.59 Å². The monoisotopic (exact) mass is 360 g/mol. The number of aryl methyl sites for hydroxylation is 2. The van der Waals surface area contributed by atoms with Crippen LogP contribution in [0.1, 0.15) is 56.2 Å². The van der Waals surface area contributed by atoms with Crippen molar-refractivity contribution in [2.75, 3.05) is 6.54 Å². The van der Waals surface area contributed by atoms with Crippen molar-refractivity contribution in [3.05, 3.63) is 28.8 Å². The first-order valence-corrected chi connectivity index (χ1v) is 9.17. The molecule has 1 N–H and O–H groups in total. The number of imide groups is 1. The van der Waals surface area contributed by atoms with Crippen molar-refractivity contribution in [1.29, 1.82) is 0 Å². The molecule has 1 heterocycles. The van der Waals surface area contributed by atoms with E-state index in [1.807, 2.05) is 46.8 Å². The Hall–Kier alpha value is -2.37. The fourth-order valence-corrected chi connectivity index (χ4v) is 3.50. The number of ether oxygens (including phenoxy) is 1. The maximum absolute atomic E-state index is 12.8. The summed E-state index contributed by atoms with van der Waals surface area (Å²) in [5.41, 5.74) is 1.83. The van der Waals surface area contributed by atoms with Gasteiger partial charge in [0.25, 0.3) is 5.91 Å². The van der Waals surface area contributed by atoms with Crippen molar-refractivity contribution in [1.82, 2.24) is 10.2 Å². The van der Waals surface area contributed by atoms with Gasteiger partial charge in [-0.05, 0) is 50.3 Å². The van der Waals surface area contributed by atoms with E-state index in [0.29, 0.717) is 18.6 Å². The average Bonchev–Trinajstić information content (AvgIpc) is 2.80. The lowest BCUT2D eigenvalue weighted by atomic mass is 9.88. The van der Waals surface area contributed by atoms with E-state index in [2.05, 4.69) is 5.32 Å². The van der Waals surface area contributed by atoms with Gasteiger partial charge in [-0.3, -0.25) is 9.69 Å². The van der Waals surface area contributed by atoms with Crippen LogP contribution in [0.2, 0.25) is 0 Å². The van der Waals surface area contributed by atoms with Crippen molar-refractivity contribution in [2.24, 2.45) is 0 Å². The largest absolute Gasteiger partial charge is 0.425 e. The van der Waals surface area contributed by atoms with Crippen LogP contribution in [0.3, 0.4) is 0 Å². The molecule has 1 aromatic rings. The molecular weight excluding hydrogens is 332 g/mol. The molecule has 142 valence electrons. The van der Waals surface area contributed by atoms with Crippen LogP contribution >= 0.6 is 0 Å². The molecule has 26 heavy (non-hydrogen) atoms. The molecule has 0 aromatic heterocycles. The minimum Gasteiger partial charge on any atom is -0.425 e. The molecule has 0 bridgehead atoms. The molecule has 1 aromatic carbocycles. The molecule has 6 heteroatoms. The van der Waals surface area contributed by atoms with Gasteiger partial charge in [-0.1, -0.05) is 38.8 Å². The van der Waals surface area contributed by atoms with Crippen LogP contribution in [-0.4, -0.2) is 34.9 Å². The van der Waals surface area contributed by atoms with Crippen LogP contribution in [0.25, 0.3) is 0 Å². The van der Waals surface area contributed by atoms with Crippen molar-refractivity contribution in [3.63, 3.8) is 0 Å². The lowest BCUT2D eigenvalue weighted by Gasteiger charge is -2.25. The van der Waals surface area contributed by atoms with E-state index in [9.17, 15) is 14.4 Å². The molecule has 1 saturated heterocycles. The first-order valence-electron chi connectivity index (χ1n) is 9.17. The number of nitrogens with zero attached hydrogens (tertiary/aromatic N) is 1. The number of hydrogen-bond acceptors (Lipinski definition) is 4. The molecular formula is C20H28N2O4. The first-order chi connectivity index (χ1) is 12.3. The lowest BCUT2D eigenvalue weighted by molar-refractivity contribution is -0.141. The molecule has 3 amide bonds. The highest BCUT2D eigenvalue weighted by atomic mass is 16.5. The number of benzene rings is 1. The highest BCUT2D eigenvalue weighted by Gasteiger charge is 2.50. The number of rotatable bonds is 7. The van der Waals surface area contributed by atoms with E-state index < -0.39 is 17.5 Å². The fraction of sp³-hybridized carbons (Fsp3) is 0.550. The minimum absolute atomic E-state index is 0.333. The zero-order valence-electron chi connectivity index (χ0n) is 16.3. The predicted octanol–water partition coefficient (Wildman–Crippen LogP) is 3.41. The minimum atomic E-state index is -0.893. The molecule has 0 saturated carbocycles. The second kappa shape index (κ2) is 7.89. The average molecular weight is 360 g/mol. The van der Waals surface area contributed by atoms with Gasteiger partial charge in [-0.15, -0.1) is 0 Å². The number of carbonyl (C=O) groups is 3. The Bertz CT molecular complexity index is 721. The number of urea groups is 1. The van der Waals surface area contributed by atoms with E-state index in [1.165, 1.54) is 0 Å². The van der Waals surface area contributed by atoms with Crippen LogP contribution < -0.4 is 10.1 Å². The topological polar surface area (TPSA) is 75.7 Å². The summed E-state index contributed by atoms with van der Waals surface area (Å²) in [5.74, 6) is -0.453. The van der Waals surface area contributed by atoms with Gasteiger partial charge in [0.15, 0.2) is 0 Å². The van der Waals surface area contributed by atoms with E-state index >= 15 is 0 Å². The van der Waals surface area contributed by atoms with Gasteiger partial charge in [-0.2, -0.15) is 0 Å². The smallest absolute Gasteiger partial charge is 0.331 e. The van der Waals surface area contributed by atoms with Crippen LogP contribution in [0.5, 0.6) is 5.75 Å². The van der Waals surface area contributed by atoms with Crippen molar-refractivity contribution in [3.8, 4) is 5.75 Å². The number of hydrogen-bond donors (Lipinski definition) is 1. The maximum atomic E-state index is 12.8. The number of esters is 1. The van der Waals surface area contributed by atoms with Crippen molar-refractivity contribution in [2.45, 2.75) is 65.8 Å². The second-order valence-electron chi connectivity index (χ2n) is 7.03. The summed E-state index contributed by atoms with van der Waals surface area (Å²) in [5, 5.41) is 2.80. The van der Waals surface area contributed by atoms with E-state index in [-0.39, 0.29) is 12.5 Å². The Labute approximate surface area is 154 Å². The SMILES string of the molecule is CCCC1(CCC)NC(=O)N(CC(=O)Oc2c(C)ccc(C)c2C)C1=O. The molecule has 6 nitrogen and oxygen atoms in total. The molecule has 2 rings (SSSR count). The molecule has 0 radical (unpaired) electrons. The van der Waals surface area contributed by atoms with E-state index in [1.54, 1.807) is 0 Å². The summed E-state index contributed by atoms with van der Waals surface area (Å²) in [6, 6.07) is 3.32. The van der Waals surface area contributed by atoms with Gasteiger partial charge in [0, 0.05) is 0 Å². The third kappa shape index (κ3) is 3.74. The summed E-state index contributed by atoms with van der Waals surface area (Å²) in [7, 11) is 0. The lowest BCUT2D eigenvalue weighted by Crippen LogP contribution is -2.47. The van der Waals surface area contributed by atoms with E-state index in [0.717, 1.165) is 34.4 Å². The van der Waals surface area contributed by atoms with Crippen LogP contribution in [0, 0.1) is 20.8 Å². The number of nitrogens with one attached hydrogen (secondary N) is 1. The molecule has 1 fully saturated rings. The normalized spacial score (nSPS) is 16.0. The zero-order chi connectivity index (χ0) is 19.5. The van der Waals surface area contributed by atoms with Gasteiger partial charge in [0.1, 0.15) is 17.8 Å².